The van der Waals surface area contributed by atoms with Gasteiger partial charge in [0.2, 0.25) is 0 Å². The molecule has 0 aromatic rings. The van der Waals surface area contributed by atoms with E-state index < -0.39 is 0 Å². The summed E-state index contributed by atoms with van der Waals surface area (Å²) >= 11 is 2.16. The number of aliphatic hydroxyl groups excluding tert-OH is 1. The summed E-state index contributed by atoms with van der Waals surface area (Å²) in [5, 5.41) is 17.7. The van der Waals surface area contributed by atoms with Crippen molar-refractivity contribution < 1.29 is 5.11 Å². The summed E-state index contributed by atoms with van der Waals surface area (Å²) in [6, 6.07) is 0. The van der Waals surface area contributed by atoms with Crippen LogP contribution in [0.4, 0.5) is 0 Å². The van der Waals surface area contributed by atoms with Crippen molar-refractivity contribution in [1.29, 1.82) is 0 Å². The van der Waals surface area contributed by atoms with Gasteiger partial charge in [-0.3, -0.25) is 5.32 Å². The molecular formula is C11H20N2OS. The zero-order valence-electron chi connectivity index (χ0n) is 8.98. The van der Waals surface area contributed by atoms with Crippen LogP contribution in [0.25, 0.3) is 0 Å². The Morgan fingerprint density at radius 3 is 3.13 bits per heavy atom. The van der Waals surface area contributed by atoms with Crippen LogP contribution in [0.1, 0.15) is 19.3 Å². The zero-order chi connectivity index (χ0) is 10.3. The second-order valence-electron chi connectivity index (χ2n) is 5.02. The first-order valence-electron chi connectivity index (χ1n) is 6.10. The second kappa shape index (κ2) is 4.24. The highest BCUT2D eigenvalue weighted by Gasteiger charge is 2.50. The van der Waals surface area contributed by atoms with Gasteiger partial charge < -0.3 is 10.4 Å². The molecule has 4 heteroatoms. The third-order valence-electron chi connectivity index (χ3n) is 4.31. The molecule has 2 saturated heterocycles. The van der Waals surface area contributed by atoms with Crippen molar-refractivity contribution in [3.05, 3.63) is 0 Å². The molecule has 5 atom stereocenters. The topological polar surface area (TPSA) is 44.3 Å². The van der Waals surface area contributed by atoms with E-state index in [0.717, 1.165) is 36.1 Å². The van der Waals surface area contributed by atoms with Gasteiger partial charge in [-0.25, -0.2) is 0 Å². The number of aliphatic hydroxyl groups is 1. The normalized spacial score (nSPS) is 49.0. The van der Waals surface area contributed by atoms with E-state index in [0.29, 0.717) is 12.0 Å². The molecule has 4 unspecified atom stereocenters. The molecule has 2 heterocycles. The lowest BCUT2D eigenvalue weighted by atomic mass is 9.81. The van der Waals surface area contributed by atoms with E-state index in [-0.39, 0.29) is 0 Å². The molecule has 3 aliphatic rings. The first kappa shape index (κ1) is 10.4. The fourth-order valence-electron chi connectivity index (χ4n) is 3.70. The second-order valence-corrected chi connectivity index (χ2v) is 6.41. The summed E-state index contributed by atoms with van der Waals surface area (Å²) in [6.45, 7) is 2.52. The minimum atomic E-state index is 0.372. The van der Waals surface area contributed by atoms with Gasteiger partial charge in [-0.05, 0) is 31.1 Å². The summed E-state index contributed by atoms with van der Waals surface area (Å²) in [6.07, 6.45) is 3.73. The van der Waals surface area contributed by atoms with Crippen LogP contribution in [0.3, 0.4) is 0 Å². The van der Waals surface area contributed by atoms with Gasteiger partial charge >= 0.3 is 0 Å². The van der Waals surface area contributed by atoms with Crippen LogP contribution in [0.15, 0.2) is 0 Å². The summed E-state index contributed by atoms with van der Waals surface area (Å²) in [7, 11) is 0. The number of hydrogen-bond donors (Lipinski definition) is 3. The predicted molar refractivity (Wildman–Crippen MR) is 62.6 cm³/mol. The Bertz CT molecular complexity index is 237. The lowest BCUT2D eigenvalue weighted by Gasteiger charge is -2.32. The van der Waals surface area contributed by atoms with Crippen molar-refractivity contribution in [2.45, 2.75) is 29.9 Å². The third-order valence-corrected chi connectivity index (χ3v) is 6.02. The molecule has 0 bridgehead atoms. The maximum atomic E-state index is 9.10. The van der Waals surface area contributed by atoms with E-state index in [1.807, 2.05) is 0 Å². The molecule has 0 aromatic heterocycles. The van der Waals surface area contributed by atoms with Crippen LogP contribution in [-0.4, -0.2) is 35.6 Å². The molecule has 0 amide bonds. The fourth-order valence-corrected chi connectivity index (χ4v) is 5.61. The first-order chi connectivity index (χ1) is 7.40. The van der Waals surface area contributed by atoms with Crippen LogP contribution in [-0.2, 0) is 0 Å². The summed E-state index contributed by atoms with van der Waals surface area (Å²) in [5.41, 5.74) is 0. The molecule has 0 aromatic carbocycles. The third kappa shape index (κ3) is 1.71. The number of hydrogen-bond acceptors (Lipinski definition) is 4. The Balaban J connectivity index is 1.73. The molecule has 2 aliphatic heterocycles. The van der Waals surface area contributed by atoms with Crippen LogP contribution < -0.4 is 10.6 Å². The minimum absolute atomic E-state index is 0.372. The molecule has 0 spiro atoms. The highest BCUT2D eigenvalue weighted by molar-refractivity contribution is 8.00. The van der Waals surface area contributed by atoms with Gasteiger partial charge in [0.25, 0.3) is 0 Å². The fraction of sp³-hybridized carbons (Fsp3) is 1.00. The number of thioether (sulfide) groups is 1. The maximum absolute atomic E-state index is 9.10. The molecule has 3 fully saturated rings. The van der Waals surface area contributed by atoms with E-state index in [2.05, 4.69) is 22.4 Å². The molecular weight excluding hydrogens is 208 g/mol. The van der Waals surface area contributed by atoms with Gasteiger partial charge in [-0.15, -0.1) is 11.8 Å². The van der Waals surface area contributed by atoms with Crippen molar-refractivity contribution in [2.24, 2.45) is 17.8 Å². The Labute approximate surface area is 95.4 Å². The zero-order valence-corrected chi connectivity index (χ0v) is 9.80. The molecule has 3 nitrogen and oxygen atoms in total. The van der Waals surface area contributed by atoms with Gasteiger partial charge in [0.1, 0.15) is 0 Å². The van der Waals surface area contributed by atoms with Crippen LogP contribution in [0, 0.1) is 17.8 Å². The van der Waals surface area contributed by atoms with Gasteiger partial charge in [0.15, 0.2) is 0 Å². The lowest BCUT2D eigenvalue weighted by molar-refractivity contribution is 0.185. The highest BCUT2D eigenvalue weighted by Crippen LogP contribution is 2.54. The summed E-state index contributed by atoms with van der Waals surface area (Å²) < 4.78 is 0. The Kier molecular flexibility index (Phi) is 2.94. The minimum Gasteiger partial charge on any atom is -0.396 e. The van der Waals surface area contributed by atoms with Crippen LogP contribution >= 0.6 is 11.8 Å². The Hall–Kier alpha value is 0.230. The Morgan fingerprint density at radius 2 is 2.27 bits per heavy atom. The van der Waals surface area contributed by atoms with Gasteiger partial charge in [0, 0.05) is 31.0 Å². The van der Waals surface area contributed by atoms with Crippen molar-refractivity contribution in [3.8, 4) is 0 Å². The average Bonchev–Trinajstić information content (AvgIpc) is 2.78. The van der Waals surface area contributed by atoms with Crippen molar-refractivity contribution in [3.63, 3.8) is 0 Å². The lowest BCUT2D eigenvalue weighted by Crippen LogP contribution is -2.50. The standard InChI is InChI=1S/C11H20N2OS/c14-4-3-7-1-2-9-10(7)8-5-12-6-13-11(8)15-9/h7-14H,1-6H2/t7-,8?,9?,10?,11?/m0/s1. The molecule has 0 radical (unpaired) electrons. The van der Waals surface area contributed by atoms with Crippen molar-refractivity contribution in [1.82, 2.24) is 10.6 Å². The van der Waals surface area contributed by atoms with E-state index in [9.17, 15) is 0 Å². The highest BCUT2D eigenvalue weighted by atomic mass is 32.2. The number of nitrogens with one attached hydrogen (secondary N) is 2. The SMILES string of the molecule is OCC[C@@H]1CCC2SC3NCNCC3C21. The molecule has 86 valence electrons. The van der Waals surface area contributed by atoms with E-state index in [1.165, 1.54) is 19.4 Å². The molecule has 15 heavy (non-hydrogen) atoms. The maximum Gasteiger partial charge on any atom is 0.0588 e. The summed E-state index contributed by atoms with van der Waals surface area (Å²) in [4.78, 5) is 0. The van der Waals surface area contributed by atoms with E-state index in [1.54, 1.807) is 0 Å². The van der Waals surface area contributed by atoms with E-state index >= 15 is 0 Å². The quantitative estimate of drug-likeness (QED) is 0.648. The summed E-state index contributed by atoms with van der Waals surface area (Å²) in [5.74, 6) is 2.43. The van der Waals surface area contributed by atoms with Gasteiger partial charge in [0.05, 0.1) is 5.37 Å². The van der Waals surface area contributed by atoms with Gasteiger partial charge in [-0.1, -0.05) is 0 Å². The number of rotatable bonds is 2. The van der Waals surface area contributed by atoms with Gasteiger partial charge in [-0.2, -0.15) is 0 Å². The monoisotopic (exact) mass is 228 g/mol. The molecule has 1 saturated carbocycles. The molecule has 3 rings (SSSR count). The predicted octanol–water partition coefficient (Wildman–Crippen LogP) is 0.603. The first-order valence-corrected chi connectivity index (χ1v) is 7.05. The van der Waals surface area contributed by atoms with E-state index in [4.69, 9.17) is 5.11 Å². The molecule has 3 N–H and O–H groups in total. The van der Waals surface area contributed by atoms with Crippen LogP contribution in [0.5, 0.6) is 0 Å². The molecule has 1 aliphatic carbocycles. The van der Waals surface area contributed by atoms with Crippen molar-refractivity contribution >= 4 is 11.8 Å². The number of fused-ring (bicyclic) bond motifs is 3. The van der Waals surface area contributed by atoms with Crippen LogP contribution in [0.2, 0.25) is 0 Å². The average molecular weight is 228 g/mol. The van der Waals surface area contributed by atoms with Crippen molar-refractivity contribution in [2.75, 3.05) is 19.8 Å². The Morgan fingerprint density at radius 1 is 1.33 bits per heavy atom. The smallest absolute Gasteiger partial charge is 0.0588 e. The largest absolute Gasteiger partial charge is 0.396 e.